The smallest absolute Gasteiger partial charge is 0.328 e. The highest BCUT2D eigenvalue weighted by Gasteiger charge is 2.25. The highest BCUT2D eigenvalue weighted by molar-refractivity contribution is 7.86. The first-order valence-electron chi connectivity index (χ1n) is 6.32. The van der Waals surface area contributed by atoms with Gasteiger partial charge in [0.05, 0.1) is 0 Å². The summed E-state index contributed by atoms with van der Waals surface area (Å²) in [6.07, 6.45) is 2.54. The number of hydrogen-bond donors (Lipinski definition) is 1. The van der Waals surface area contributed by atoms with Crippen LogP contribution >= 0.6 is 11.3 Å². The minimum absolute atomic E-state index is 0.116. The van der Waals surface area contributed by atoms with Crippen LogP contribution < -0.4 is 0 Å². The first-order chi connectivity index (χ1) is 9.64. The molecule has 1 aromatic rings. The highest BCUT2D eigenvalue weighted by Crippen LogP contribution is 2.20. The molecule has 1 aromatic heterocycles. The van der Waals surface area contributed by atoms with E-state index >= 15 is 0 Å². The third-order valence-electron chi connectivity index (χ3n) is 2.96. The van der Waals surface area contributed by atoms with Gasteiger partial charge in [-0.25, -0.2) is 4.79 Å². The number of carbonyl (C=O) groups is 1. The van der Waals surface area contributed by atoms with Crippen molar-refractivity contribution in [1.29, 1.82) is 0 Å². The Kier molecular flexibility index (Phi) is 6.09. The zero-order chi connectivity index (χ0) is 16.2. The lowest BCUT2D eigenvalue weighted by Crippen LogP contribution is -2.42. The van der Waals surface area contributed by atoms with Crippen LogP contribution in [0.25, 0.3) is 6.08 Å². The van der Waals surface area contributed by atoms with Crippen molar-refractivity contribution in [3.8, 4) is 0 Å². The summed E-state index contributed by atoms with van der Waals surface area (Å²) in [5.74, 6) is -1.01. The van der Waals surface area contributed by atoms with E-state index in [-0.39, 0.29) is 12.6 Å². The predicted octanol–water partition coefficient (Wildman–Crippen LogP) is 1.86. The maximum atomic E-state index is 12.3. The van der Waals surface area contributed by atoms with Gasteiger partial charge in [-0.2, -0.15) is 17.0 Å². The lowest BCUT2D eigenvalue weighted by Gasteiger charge is -2.26. The van der Waals surface area contributed by atoms with E-state index < -0.39 is 16.2 Å². The fourth-order valence-corrected chi connectivity index (χ4v) is 3.79. The van der Waals surface area contributed by atoms with E-state index in [0.717, 1.165) is 16.5 Å². The second-order valence-corrected chi connectivity index (χ2v) is 7.98. The first kappa shape index (κ1) is 17.8. The lowest BCUT2D eigenvalue weighted by molar-refractivity contribution is -0.131. The summed E-state index contributed by atoms with van der Waals surface area (Å²) in [4.78, 5) is 11.3. The van der Waals surface area contributed by atoms with Gasteiger partial charge < -0.3 is 5.11 Å². The van der Waals surface area contributed by atoms with E-state index in [1.807, 2.05) is 13.8 Å². The highest BCUT2D eigenvalue weighted by atomic mass is 32.2. The Balaban J connectivity index is 2.80. The summed E-state index contributed by atoms with van der Waals surface area (Å²) in [5.41, 5.74) is 0.750. The molecule has 6 nitrogen and oxygen atoms in total. The number of thiophene rings is 1. The summed E-state index contributed by atoms with van der Waals surface area (Å²) in [6, 6.07) is 1.67. The van der Waals surface area contributed by atoms with E-state index in [4.69, 9.17) is 5.11 Å². The third-order valence-corrected chi connectivity index (χ3v) is 5.96. The van der Waals surface area contributed by atoms with Crippen molar-refractivity contribution >= 4 is 33.6 Å². The van der Waals surface area contributed by atoms with Gasteiger partial charge >= 0.3 is 5.97 Å². The minimum Gasteiger partial charge on any atom is -0.478 e. The normalized spacial score (nSPS) is 12.9. The average molecular weight is 332 g/mol. The molecule has 0 saturated carbocycles. The molecule has 0 aliphatic carbocycles. The van der Waals surface area contributed by atoms with Crippen LogP contribution in [0.2, 0.25) is 0 Å². The van der Waals surface area contributed by atoms with Crippen molar-refractivity contribution in [1.82, 2.24) is 8.61 Å². The number of hydrogen-bond acceptors (Lipinski definition) is 4. The molecular formula is C13H20N2O4S2. The average Bonchev–Trinajstić information content (AvgIpc) is 2.82. The van der Waals surface area contributed by atoms with Crippen LogP contribution in [0.4, 0.5) is 0 Å². The molecule has 1 N–H and O–H groups in total. The first-order valence-corrected chi connectivity index (χ1v) is 8.60. The van der Waals surface area contributed by atoms with Gasteiger partial charge in [0, 0.05) is 37.6 Å². The second kappa shape index (κ2) is 7.17. The summed E-state index contributed by atoms with van der Waals surface area (Å²) in [7, 11) is -0.416. The van der Waals surface area contributed by atoms with Crippen LogP contribution in [0.15, 0.2) is 17.5 Å². The molecule has 0 atom stereocenters. The minimum atomic E-state index is -3.49. The van der Waals surface area contributed by atoms with E-state index in [9.17, 15) is 13.2 Å². The molecule has 0 bridgehead atoms. The Labute approximate surface area is 129 Å². The van der Waals surface area contributed by atoms with Crippen LogP contribution in [0.5, 0.6) is 0 Å². The summed E-state index contributed by atoms with van der Waals surface area (Å²) < 4.78 is 27.1. The SMILES string of the molecule is CC(C)N(C)S(=O)(=O)N(C)Cc1cc(C=CC(=O)O)cs1. The lowest BCUT2D eigenvalue weighted by atomic mass is 10.3. The van der Waals surface area contributed by atoms with Gasteiger partial charge in [0.25, 0.3) is 10.2 Å². The van der Waals surface area contributed by atoms with E-state index in [0.29, 0.717) is 0 Å². The quantitative estimate of drug-likeness (QED) is 0.773. The molecular weight excluding hydrogens is 312 g/mol. The molecule has 0 spiro atoms. The third kappa shape index (κ3) is 4.92. The zero-order valence-electron chi connectivity index (χ0n) is 12.5. The Morgan fingerprint density at radius 1 is 1.43 bits per heavy atom. The van der Waals surface area contributed by atoms with E-state index in [1.54, 1.807) is 18.5 Å². The van der Waals surface area contributed by atoms with Gasteiger partial charge in [-0.3, -0.25) is 0 Å². The largest absolute Gasteiger partial charge is 0.478 e. The molecule has 21 heavy (non-hydrogen) atoms. The Hall–Kier alpha value is -1.22. The standard InChI is InChI=1S/C13H20N2O4S2/c1-10(2)15(4)21(18,19)14(3)8-12-7-11(9-20-12)5-6-13(16)17/h5-7,9-10H,8H2,1-4H3,(H,16,17). The fraction of sp³-hybridized carbons (Fsp3) is 0.462. The molecule has 0 aliphatic heterocycles. The molecule has 0 aromatic carbocycles. The van der Waals surface area contributed by atoms with Crippen molar-refractivity contribution in [3.63, 3.8) is 0 Å². The number of carboxylic acids is 1. The number of rotatable bonds is 7. The molecule has 0 unspecified atom stereocenters. The zero-order valence-corrected chi connectivity index (χ0v) is 14.1. The molecule has 0 radical (unpaired) electrons. The molecule has 8 heteroatoms. The monoisotopic (exact) mass is 332 g/mol. The molecule has 1 rings (SSSR count). The van der Waals surface area contributed by atoms with Crippen LogP contribution in [0.3, 0.4) is 0 Å². The molecule has 0 amide bonds. The topological polar surface area (TPSA) is 77.9 Å². The Morgan fingerprint density at radius 2 is 2.05 bits per heavy atom. The van der Waals surface area contributed by atoms with E-state index in [1.165, 1.54) is 33.1 Å². The van der Waals surface area contributed by atoms with E-state index in [2.05, 4.69) is 0 Å². The summed E-state index contributed by atoms with van der Waals surface area (Å²) in [5, 5.41) is 10.4. The Morgan fingerprint density at radius 3 is 2.57 bits per heavy atom. The van der Waals surface area contributed by atoms with Crippen molar-refractivity contribution in [2.45, 2.75) is 26.4 Å². The van der Waals surface area contributed by atoms with Gasteiger partial charge in [-0.15, -0.1) is 11.3 Å². The van der Waals surface area contributed by atoms with Crippen LogP contribution in [0, 0.1) is 0 Å². The fourth-order valence-electron chi connectivity index (χ4n) is 1.52. The van der Waals surface area contributed by atoms with Gasteiger partial charge in [0.2, 0.25) is 0 Å². The van der Waals surface area contributed by atoms with Crippen LogP contribution in [0.1, 0.15) is 24.3 Å². The van der Waals surface area contributed by atoms with Crippen LogP contribution in [-0.2, 0) is 21.5 Å². The maximum Gasteiger partial charge on any atom is 0.328 e. The second-order valence-electron chi connectivity index (χ2n) is 4.89. The van der Waals surface area contributed by atoms with Gasteiger partial charge in [0.1, 0.15) is 0 Å². The maximum absolute atomic E-state index is 12.3. The summed E-state index contributed by atoms with van der Waals surface area (Å²) >= 11 is 1.40. The van der Waals surface area contributed by atoms with Crippen molar-refractivity contribution in [2.24, 2.45) is 0 Å². The van der Waals surface area contributed by atoms with Gasteiger partial charge in [0.15, 0.2) is 0 Å². The number of carboxylic acid groups (broad SMARTS) is 1. The Bertz CT molecular complexity index is 620. The molecule has 0 fully saturated rings. The molecule has 0 aliphatic rings. The summed E-state index contributed by atoms with van der Waals surface area (Å²) in [6.45, 7) is 3.88. The molecule has 0 saturated heterocycles. The molecule has 1 heterocycles. The van der Waals surface area contributed by atoms with Gasteiger partial charge in [-0.1, -0.05) is 0 Å². The van der Waals surface area contributed by atoms with Gasteiger partial charge in [-0.05, 0) is 36.9 Å². The van der Waals surface area contributed by atoms with Crippen LogP contribution in [-0.4, -0.2) is 48.2 Å². The van der Waals surface area contributed by atoms with Crippen molar-refractivity contribution < 1.29 is 18.3 Å². The van der Waals surface area contributed by atoms with Crippen molar-refractivity contribution in [2.75, 3.05) is 14.1 Å². The number of nitrogens with zero attached hydrogens (tertiary/aromatic N) is 2. The number of aliphatic carboxylic acids is 1. The predicted molar refractivity (Wildman–Crippen MR) is 84.3 cm³/mol. The molecule has 118 valence electrons. The van der Waals surface area contributed by atoms with Crippen molar-refractivity contribution in [3.05, 3.63) is 28.0 Å².